The Morgan fingerprint density at radius 3 is 3.00 bits per heavy atom. The van der Waals surface area contributed by atoms with Crippen LogP contribution in [0.3, 0.4) is 0 Å². The molecule has 0 radical (unpaired) electrons. The van der Waals surface area contributed by atoms with Crippen LogP contribution < -0.4 is 5.32 Å². The second-order valence-corrected chi connectivity index (χ2v) is 3.64. The Kier molecular flexibility index (Phi) is 3.01. The Balaban J connectivity index is 2.13. The van der Waals surface area contributed by atoms with Crippen LogP contribution in [-0.2, 0) is 13.6 Å². The smallest absolute Gasteiger partial charge is 0.166 e. The van der Waals surface area contributed by atoms with Gasteiger partial charge in [0.2, 0.25) is 0 Å². The lowest BCUT2D eigenvalue weighted by Crippen LogP contribution is -2.05. The van der Waals surface area contributed by atoms with Crippen LogP contribution in [0.4, 0.5) is 5.82 Å². The summed E-state index contributed by atoms with van der Waals surface area (Å²) in [6.45, 7) is 2.57. The minimum atomic E-state index is 0.488. The molecule has 0 aromatic carbocycles. The maximum absolute atomic E-state index is 8.90. The van der Waals surface area contributed by atoms with Gasteiger partial charge in [-0.15, -0.1) is 5.10 Å². The number of hydrogen-bond donors (Lipinski definition) is 1. The zero-order chi connectivity index (χ0) is 12.3. The van der Waals surface area contributed by atoms with Gasteiger partial charge in [-0.1, -0.05) is 0 Å². The molecule has 0 aliphatic rings. The van der Waals surface area contributed by atoms with Crippen LogP contribution in [0, 0.1) is 18.3 Å². The standard InChI is InChI=1S/C11H12N6/c1-8-10(7-15-17(8)2)6-13-11-9(5-12)3-4-14-16-11/h3-4,7H,6H2,1-2H3,(H,13,16). The van der Waals surface area contributed by atoms with Crippen molar-refractivity contribution in [2.75, 3.05) is 5.32 Å². The van der Waals surface area contributed by atoms with Crippen LogP contribution in [0.1, 0.15) is 16.8 Å². The average molecular weight is 228 g/mol. The monoisotopic (exact) mass is 228 g/mol. The van der Waals surface area contributed by atoms with E-state index >= 15 is 0 Å². The predicted octanol–water partition coefficient (Wildman–Crippen LogP) is 1.00. The molecule has 0 atom stereocenters. The van der Waals surface area contributed by atoms with E-state index in [-0.39, 0.29) is 0 Å². The number of nitrogens with zero attached hydrogens (tertiary/aromatic N) is 5. The van der Waals surface area contributed by atoms with E-state index in [2.05, 4.69) is 26.7 Å². The molecular formula is C11H12N6. The van der Waals surface area contributed by atoms with E-state index in [1.165, 1.54) is 6.20 Å². The summed E-state index contributed by atoms with van der Waals surface area (Å²) in [7, 11) is 1.89. The van der Waals surface area contributed by atoms with Crippen molar-refractivity contribution in [2.45, 2.75) is 13.5 Å². The Morgan fingerprint density at radius 2 is 2.35 bits per heavy atom. The van der Waals surface area contributed by atoms with Crippen molar-refractivity contribution in [3.63, 3.8) is 0 Å². The number of aryl methyl sites for hydroxylation is 1. The topological polar surface area (TPSA) is 79.4 Å². The highest BCUT2D eigenvalue weighted by molar-refractivity contribution is 5.50. The first-order valence-corrected chi connectivity index (χ1v) is 5.15. The number of nitrogens with one attached hydrogen (secondary N) is 1. The summed E-state index contributed by atoms with van der Waals surface area (Å²) in [5, 5.41) is 23.8. The van der Waals surface area contributed by atoms with Gasteiger partial charge in [0, 0.05) is 24.8 Å². The Morgan fingerprint density at radius 1 is 1.53 bits per heavy atom. The van der Waals surface area contributed by atoms with Gasteiger partial charge in [0.1, 0.15) is 6.07 Å². The van der Waals surface area contributed by atoms with E-state index < -0.39 is 0 Å². The number of rotatable bonds is 3. The minimum absolute atomic E-state index is 0.488. The van der Waals surface area contributed by atoms with Gasteiger partial charge in [-0.2, -0.15) is 15.5 Å². The highest BCUT2D eigenvalue weighted by Gasteiger charge is 2.06. The normalized spacial score (nSPS) is 9.94. The van der Waals surface area contributed by atoms with Crippen molar-refractivity contribution in [2.24, 2.45) is 7.05 Å². The van der Waals surface area contributed by atoms with E-state index in [4.69, 9.17) is 5.26 Å². The molecule has 86 valence electrons. The van der Waals surface area contributed by atoms with E-state index in [0.717, 1.165) is 11.3 Å². The summed E-state index contributed by atoms with van der Waals surface area (Å²) in [5.74, 6) is 0.498. The largest absolute Gasteiger partial charge is 0.363 e. The van der Waals surface area contributed by atoms with Crippen molar-refractivity contribution < 1.29 is 0 Å². The summed E-state index contributed by atoms with van der Waals surface area (Å²) in [5.41, 5.74) is 2.64. The third-order valence-corrected chi connectivity index (χ3v) is 2.62. The summed E-state index contributed by atoms with van der Waals surface area (Å²) in [6.07, 6.45) is 3.30. The first-order chi connectivity index (χ1) is 8.22. The molecule has 0 unspecified atom stereocenters. The SMILES string of the molecule is Cc1c(CNc2nnccc2C#N)cnn1C. The summed E-state index contributed by atoms with van der Waals surface area (Å²) >= 11 is 0. The van der Waals surface area contributed by atoms with E-state index in [1.54, 1.807) is 16.9 Å². The number of aromatic nitrogens is 4. The van der Waals surface area contributed by atoms with Crippen molar-refractivity contribution >= 4 is 5.82 Å². The molecule has 0 saturated heterocycles. The van der Waals surface area contributed by atoms with E-state index in [9.17, 15) is 0 Å². The predicted molar refractivity (Wildman–Crippen MR) is 62.0 cm³/mol. The molecule has 17 heavy (non-hydrogen) atoms. The number of anilines is 1. The molecule has 0 amide bonds. The molecule has 0 aliphatic heterocycles. The lowest BCUT2D eigenvalue weighted by Gasteiger charge is -2.05. The fourth-order valence-electron chi connectivity index (χ4n) is 1.45. The second kappa shape index (κ2) is 4.61. The molecule has 6 nitrogen and oxygen atoms in total. The van der Waals surface area contributed by atoms with Gasteiger partial charge in [0.15, 0.2) is 5.82 Å². The van der Waals surface area contributed by atoms with Crippen molar-refractivity contribution in [3.05, 3.63) is 35.3 Å². The maximum Gasteiger partial charge on any atom is 0.166 e. The quantitative estimate of drug-likeness (QED) is 0.847. The first kappa shape index (κ1) is 11.1. The molecule has 2 rings (SSSR count). The van der Waals surface area contributed by atoms with Crippen LogP contribution in [0.25, 0.3) is 0 Å². The van der Waals surface area contributed by atoms with Crippen LogP contribution in [0.15, 0.2) is 18.5 Å². The highest BCUT2D eigenvalue weighted by Crippen LogP contribution is 2.12. The molecule has 1 N–H and O–H groups in total. The van der Waals surface area contributed by atoms with Gasteiger partial charge in [-0.25, -0.2) is 0 Å². The molecule has 0 bridgehead atoms. The van der Waals surface area contributed by atoms with Crippen molar-refractivity contribution in [1.82, 2.24) is 20.0 Å². The molecular weight excluding hydrogens is 216 g/mol. The van der Waals surface area contributed by atoms with Gasteiger partial charge < -0.3 is 5.32 Å². The second-order valence-electron chi connectivity index (χ2n) is 3.64. The summed E-state index contributed by atoms with van der Waals surface area (Å²) < 4.78 is 1.80. The summed E-state index contributed by atoms with van der Waals surface area (Å²) in [6, 6.07) is 3.70. The van der Waals surface area contributed by atoms with E-state index in [1.807, 2.05) is 14.0 Å². The van der Waals surface area contributed by atoms with Crippen LogP contribution in [0.5, 0.6) is 0 Å². The third-order valence-electron chi connectivity index (χ3n) is 2.62. The van der Waals surface area contributed by atoms with Crippen LogP contribution in [0.2, 0.25) is 0 Å². The molecule has 6 heteroatoms. The van der Waals surface area contributed by atoms with Gasteiger partial charge in [-0.3, -0.25) is 4.68 Å². The lowest BCUT2D eigenvalue weighted by molar-refractivity contribution is 0.738. The minimum Gasteiger partial charge on any atom is -0.363 e. The maximum atomic E-state index is 8.90. The van der Waals surface area contributed by atoms with Gasteiger partial charge >= 0.3 is 0 Å². The molecule has 0 spiro atoms. The molecule has 2 aromatic rings. The van der Waals surface area contributed by atoms with Crippen molar-refractivity contribution in [1.29, 1.82) is 5.26 Å². The van der Waals surface area contributed by atoms with Crippen LogP contribution >= 0.6 is 0 Å². The first-order valence-electron chi connectivity index (χ1n) is 5.15. The fourth-order valence-corrected chi connectivity index (χ4v) is 1.45. The Labute approximate surface area is 98.9 Å². The zero-order valence-corrected chi connectivity index (χ0v) is 9.68. The fraction of sp³-hybridized carbons (Fsp3) is 0.273. The average Bonchev–Trinajstić information content (AvgIpc) is 2.68. The van der Waals surface area contributed by atoms with Gasteiger partial charge in [0.05, 0.1) is 18.0 Å². The Hall–Kier alpha value is -2.42. The Bertz CT molecular complexity index is 566. The highest BCUT2D eigenvalue weighted by atomic mass is 15.3. The van der Waals surface area contributed by atoms with Crippen molar-refractivity contribution in [3.8, 4) is 6.07 Å². The van der Waals surface area contributed by atoms with Crippen LogP contribution in [-0.4, -0.2) is 20.0 Å². The number of hydrogen-bond acceptors (Lipinski definition) is 5. The molecule has 0 saturated carbocycles. The molecule has 2 heterocycles. The number of nitriles is 1. The molecule has 0 fully saturated rings. The lowest BCUT2D eigenvalue weighted by atomic mass is 10.2. The zero-order valence-electron chi connectivity index (χ0n) is 9.68. The third kappa shape index (κ3) is 2.23. The summed E-state index contributed by atoms with van der Waals surface area (Å²) in [4.78, 5) is 0. The molecule has 0 aliphatic carbocycles. The molecule has 2 aromatic heterocycles. The van der Waals surface area contributed by atoms with Gasteiger partial charge in [0.25, 0.3) is 0 Å². The van der Waals surface area contributed by atoms with Gasteiger partial charge in [-0.05, 0) is 13.0 Å². The van der Waals surface area contributed by atoms with E-state index in [0.29, 0.717) is 17.9 Å².